The van der Waals surface area contributed by atoms with Gasteiger partial charge in [0, 0.05) is 59.6 Å². The van der Waals surface area contributed by atoms with Gasteiger partial charge in [-0.05, 0) is 84.9 Å². The molecule has 0 N–H and O–H groups in total. The molecule has 0 fully saturated rings. The highest BCUT2D eigenvalue weighted by Crippen LogP contribution is 2.45. The third kappa shape index (κ3) is 4.15. The van der Waals surface area contributed by atoms with Crippen LogP contribution in [0.25, 0.3) is 103 Å². The monoisotopic (exact) mass is 706 g/mol. The summed E-state index contributed by atoms with van der Waals surface area (Å²) in [6, 6.07) is 65.7. The number of imidazole rings is 1. The highest BCUT2D eigenvalue weighted by molar-refractivity contribution is 7.26. The van der Waals surface area contributed by atoms with E-state index in [4.69, 9.17) is 4.98 Å². The van der Waals surface area contributed by atoms with Crippen LogP contribution in [-0.4, -0.2) is 18.7 Å². The fourth-order valence-electron chi connectivity index (χ4n) is 8.68. The number of thiophene rings is 1. The van der Waals surface area contributed by atoms with Gasteiger partial charge in [0.15, 0.2) is 0 Å². The zero-order valence-corrected chi connectivity index (χ0v) is 29.8. The van der Waals surface area contributed by atoms with Crippen LogP contribution in [0.15, 0.2) is 182 Å². The summed E-state index contributed by atoms with van der Waals surface area (Å²) in [7, 11) is 0. The van der Waals surface area contributed by atoms with Crippen LogP contribution in [0.3, 0.4) is 0 Å². The van der Waals surface area contributed by atoms with Gasteiger partial charge in [0.05, 0.1) is 37.8 Å². The predicted octanol–water partition coefficient (Wildman–Crippen LogP) is 13.3. The van der Waals surface area contributed by atoms with E-state index in [-0.39, 0.29) is 0 Å². The van der Waals surface area contributed by atoms with Crippen molar-refractivity contribution in [3.8, 4) is 28.5 Å². The van der Waals surface area contributed by atoms with Crippen LogP contribution >= 0.6 is 11.3 Å². The van der Waals surface area contributed by atoms with Crippen LogP contribution in [0.4, 0.5) is 0 Å². The molecule has 0 saturated carbocycles. The Kier molecular flexibility index (Phi) is 6.18. The molecular formula is C49H30N4S. The van der Waals surface area contributed by atoms with Gasteiger partial charge in [-0.1, -0.05) is 97.1 Å². The van der Waals surface area contributed by atoms with Crippen molar-refractivity contribution in [2.24, 2.45) is 0 Å². The van der Waals surface area contributed by atoms with Crippen molar-refractivity contribution in [3.63, 3.8) is 0 Å². The first-order valence-corrected chi connectivity index (χ1v) is 19.1. The summed E-state index contributed by atoms with van der Waals surface area (Å²) in [4.78, 5) is 5.13. The first-order chi connectivity index (χ1) is 26.8. The molecule has 4 nitrogen and oxygen atoms in total. The Morgan fingerprint density at radius 1 is 0.370 bits per heavy atom. The minimum atomic E-state index is 0.930. The summed E-state index contributed by atoms with van der Waals surface area (Å²) in [6.07, 6.45) is 0. The summed E-state index contributed by atoms with van der Waals surface area (Å²) in [6.45, 7) is 0. The fraction of sp³-hybridized carbons (Fsp3) is 0. The van der Waals surface area contributed by atoms with E-state index in [2.05, 4.69) is 196 Å². The highest BCUT2D eigenvalue weighted by Gasteiger charge is 2.22. The van der Waals surface area contributed by atoms with Crippen molar-refractivity contribution in [1.29, 1.82) is 0 Å². The number of fused-ring (bicyclic) bond motifs is 11. The number of nitrogens with zero attached hydrogens (tertiary/aromatic N) is 4. The average Bonchev–Trinajstić information content (AvgIpc) is 3.98. The second-order valence-electron chi connectivity index (χ2n) is 14.0. The van der Waals surface area contributed by atoms with E-state index in [9.17, 15) is 0 Å². The molecule has 252 valence electrons. The van der Waals surface area contributed by atoms with Crippen LogP contribution in [0.5, 0.6) is 0 Å². The molecule has 0 aliphatic heterocycles. The SMILES string of the molecule is c1ccc(-n2c(-c3ccc(-n4c5ccccc5c5cc6c(cc54)c4ccc5c7ccccc7sc5c4n6-c4ccccc4)cc3)nc3ccccc32)cc1. The average molecular weight is 707 g/mol. The van der Waals surface area contributed by atoms with E-state index in [0.717, 1.165) is 33.8 Å². The third-order valence-electron chi connectivity index (χ3n) is 11.0. The molecule has 0 saturated heterocycles. The van der Waals surface area contributed by atoms with Gasteiger partial charge in [0.1, 0.15) is 5.82 Å². The largest absolute Gasteiger partial charge is 0.309 e. The van der Waals surface area contributed by atoms with Gasteiger partial charge >= 0.3 is 0 Å². The Hall–Kier alpha value is -6.95. The second kappa shape index (κ2) is 11.3. The summed E-state index contributed by atoms with van der Waals surface area (Å²) in [5.41, 5.74) is 11.4. The normalized spacial score (nSPS) is 12.1. The Balaban J connectivity index is 1.11. The molecule has 12 aromatic rings. The molecular weight excluding hydrogens is 677 g/mol. The highest BCUT2D eigenvalue weighted by atomic mass is 32.1. The molecule has 0 unspecified atom stereocenters. The van der Waals surface area contributed by atoms with Crippen LogP contribution in [-0.2, 0) is 0 Å². The van der Waals surface area contributed by atoms with Crippen LogP contribution in [0, 0.1) is 0 Å². The van der Waals surface area contributed by atoms with E-state index in [1.807, 2.05) is 11.3 Å². The molecule has 0 aliphatic carbocycles. The fourth-order valence-corrected chi connectivity index (χ4v) is 9.92. The van der Waals surface area contributed by atoms with E-state index < -0.39 is 0 Å². The Labute approximate surface area is 314 Å². The lowest BCUT2D eigenvalue weighted by atomic mass is 10.1. The molecule has 0 amide bonds. The lowest BCUT2D eigenvalue weighted by molar-refractivity contribution is 1.10. The minimum absolute atomic E-state index is 0.930. The summed E-state index contributed by atoms with van der Waals surface area (Å²) < 4.78 is 9.81. The number of aromatic nitrogens is 4. The molecule has 8 aromatic carbocycles. The van der Waals surface area contributed by atoms with Gasteiger partial charge < -0.3 is 9.13 Å². The zero-order chi connectivity index (χ0) is 35.3. The van der Waals surface area contributed by atoms with Crippen LogP contribution in [0.2, 0.25) is 0 Å². The van der Waals surface area contributed by atoms with Crippen LogP contribution in [0.1, 0.15) is 0 Å². The molecule has 0 aliphatic rings. The molecule has 0 bridgehead atoms. The Morgan fingerprint density at radius 2 is 0.944 bits per heavy atom. The summed E-state index contributed by atoms with van der Waals surface area (Å²) in [5.74, 6) is 0.930. The zero-order valence-electron chi connectivity index (χ0n) is 29.0. The van der Waals surface area contributed by atoms with Gasteiger partial charge in [-0.3, -0.25) is 4.57 Å². The Morgan fingerprint density at radius 3 is 1.72 bits per heavy atom. The van der Waals surface area contributed by atoms with Crippen molar-refractivity contribution in [2.45, 2.75) is 0 Å². The molecule has 0 radical (unpaired) electrons. The van der Waals surface area contributed by atoms with Gasteiger partial charge in [0.25, 0.3) is 0 Å². The lowest BCUT2D eigenvalue weighted by Crippen LogP contribution is -1.98. The molecule has 12 rings (SSSR count). The molecule has 4 aromatic heterocycles. The second-order valence-corrected chi connectivity index (χ2v) is 15.0. The standard InChI is InChI=1S/C49H30N4S/c1-3-13-32(14-4-1)52-45-29-39-35-17-7-10-20-42(35)51(44(39)30-40(45)37-27-28-38-36-18-8-12-22-46(36)54-48(38)47(37)52)34-25-23-31(24-26-34)49-50-41-19-9-11-21-43(41)53(49)33-15-5-2-6-16-33/h1-30H. The molecule has 5 heteroatoms. The van der Waals surface area contributed by atoms with Crippen molar-refractivity contribution in [1.82, 2.24) is 18.7 Å². The molecule has 54 heavy (non-hydrogen) atoms. The minimum Gasteiger partial charge on any atom is -0.309 e. The van der Waals surface area contributed by atoms with Crippen molar-refractivity contribution in [2.75, 3.05) is 0 Å². The first-order valence-electron chi connectivity index (χ1n) is 18.3. The predicted molar refractivity (Wildman–Crippen MR) is 228 cm³/mol. The van der Waals surface area contributed by atoms with Gasteiger partial charge in [0.2, 0.25) is 0 Å². The number of benzene rings is 8. The third-order valence-corrected chi connectivity index (χ3v) is 12.2. The van der Waals surface area contributed by atoms with Crippen molar-refractivity contribution < 1.29 is 0 Å². The maximum atomic E-state index is 5.13. The van der Waals surface area contributed by atoms with E-state index >= 15 is 0 Å². The van der Waals surface area contributed by atoms with Crippen molar-refractivity contribution >= 4 is 86.2 Å². The number of rotatable bonds is 4. The van der Waals surface area contributed by atoms with Crippen LogP contribution < -0.4 is 0 Å². The molecule has 4 heterocycles. The first kappa shape index (κ1) is 29.6. The van der Waals surface area contributed by atoms with Gasteiger partial charge in [-0.15, -0.1) is 11.3 Å². The summed E-state index contributed by atoms with van der Waals surface area (Å²) in [5, 5.41) is 7.61. The molecule has 0 atom stereocenters. The maximum absolute atomic E-state index is 5.13. The van der Waals surface area contributed by atoms with E-state index in [1.54, 1.807) is 0 Å². The van der Waals surface area contributed by atoms with E-state index in [0.29, 0.717) is 0 Å². The summed E-state index contributed by atoms with van der Waals surface area (Å²) >= 11 is 1.89. The quantitative estimate of drug-likeness (QED) is 0.179. The molecule has 0 spiro atoms. The number of hydrogen-bond donors (Lipinski definition) is 0. The van der Waals surface area contributed by atoms with Crippen molar-refractivity contribution in [3.05, 3.63) is 182 Å². The van der Waals surface area contributed by atoms with E-state index in [1.165, 1.54) is 69.5 Å². The number of hydrogen-bond acceptors (Lipinski definition) is 2. The van der Waals surface area contributed by atoms with Gasteiger partial charge in [-0.25, -0.2) is 4.98 Å². The van der Waals surface area contributed by atoms with Gasteiger partial charge in [-0.2, -0.15) is 0 Å². The topological polar surface area (TPSA) is 27.7 Å². The lowest BCUT2D eigenvalue weighted by Gasteiger charge is -2.12. The maximum Gasteiger partial charge on any atom is 0.145 e. The number of para-hydroxylation sites is 5. The smallest absolute Gasteiger partial charge is 0.145 e. The Bertz CT molecular complexity index is 3420.